The van der Waals surface area contributed by atoms with Crippen LogP contribution in [0.15, 0.2) is 53.7 Å². The molecule has 2 aromatic carbocycles. The second-order valence-corrected chi connectivity index (χ2v) is 4.92. The van der Waals surface area contributed by atoms with Crippen molar-refractivity contribution >= 4 is 5.84 Å². The lowest BCUT2D eigenvalue weighted by Gasteiger charge is -2.11. The molecule has 0 amide bonds. The first kappa shape index (κ1) is 14.9. The van der Waals surface area contributed by atoms with Gasteiger partial charge in [0.1, 0.15) is 5.75 Å². The molecule has 21 heavy (non-hydrogen) atoms. The van der Waals surface area contributed by atoms with Crippen LogP contribution in [0.4, 0.5) is 0 Å². The third-order valence-electron chi connectivity index (χ3n) is 3.23. The van der Waals surface area contributed by atoms with Gasteiger partial charge in [-0.25, -0.2) is 0 Å². The molecule has 0 atom stereocenters. The molecule has 4 nitrogen and oxygen atoms in total. The van der Waals surface area contributed by atoms with Crippen LogP contribution in [-0.4, -0.2) is 17.6 Å². The van der Waals surface area contributed by atoms with Crippen LogP contribution in [0.25, 0.3) is 0 Å². The van der Waals surface area contributed by atoms with Crippen molar-refractivity contribution in [2.45, 2.75) is 19.8 Å². The number of aryl methyl sites for hydroxylation is 2. The second-order valence-electron chi connectivity index (χ2n) is 4.92. The molecule has 2 rings (SSSR count). The Hall–Kier alpha value is -2.49. The molecule has 0 saturated carbocycles. The third-order valence-corrected chi connectivity index (χ3v) is 3.23. The minimum Gasteiger partial charge on any atom is -0.493 e. The van der Waals surface area contributed by atoms with E-state index in [2.05, 4.69) is 17.3 Å². The van der Waals surface area contributed by atoms with Crippen molar-refractivity contribution in [3.05, 3.63) is 65.2 Å². The Morgan fingerprint density at radius 1 is 1.19 bits per heavy atom. The number of nitrogens with zero attached hydrogens (tertiary/aromatic N) is 1. The van der Waals surface area contributed by atoms with Crippen molar-refractivity contribution < 1.29 is 9.94 Å². The van der Waals surface area contributed by atoms with Crippen molar-refractivity contribution in [1.29, 1.82) is 0 Å². The third kappa shape index (κ3) is 4.24. The van der Waals surface area contributed by atoms with Gasteiger partial charge in [0, 0.05) is 0 Å². The van der Waals surface area contributed by atoms with Gasteiger partial charge in [-0.2, -0.15) is 0 Å². The molecule has 4 heteroatoms. The summed E-state index contributed by atoms with van der Waals surface area (Å²) in [6.45, 7) is 2.54. The van der Waals surface area contributed by atoms with E-state index >= 15 is 0 Å². The molecular formula is C17H20N2O2. The Labute approximate surface area is 124 Å². The number of amidine groups is 1. The fourth-order valence-corrected chi connectivity index (χ4v) is 2.13. The van der Waals surface area contributed by atoms with Gasteiger partial charge >= 0.3 is 0 Å². The normalized spacial score (nSPS) is 11.4. The molecule has 0 saturated heterocycles. The van der Waals surface area contributed by atoms with Crippen LogP contribution in [0, 0.1) is 6.92 Å². The van der Waals surface area contributed by atoms with Crippen molar-refractivity contribution in [3.63, 3.8) is 0 Å². The van der Waals surface area contributed by atoms with E-state index in [1.54, 1.807) is 0 Å². The van der Waals surface area contributed by atoms with Crippen molar-refractivity contribution in [3.8, 4) is 5.75 Å². The number of nitrogens with two attached hydrogens (primary N) is 1. The summed E-state index contributed by atoms with van der Waals surface area (Å²) >= 11 is 0. The predicted molar refractivity (Wildman–Crippen MR) is 83.9 cm³/mol. The quantitative estimate of drug-likeness (QED) is 0.281. The first-order valence-electron chi connectivity index (χ1n) is 6.96. The molecule has 0 aliphatic carbocycles. The van der Waals surface area contributed by atoms with E-state index in [-0.39, 0.29) is 5.84 Å². The number of rotatable bonds is 6. The lowest BCUT2D eigenvalue weighted by molar-refractivity contribution is 0.307. The summed E-state index contributed by atoms with van der Waals surface area (Å²) in [6, 6.07) is 15.9. The standard InChI is InChI=1S/C17H20N2O2/c1-13-9-10-16(15(12-13)17(18)19-20)21-11-5-8-14-6-3-2-4-7-14/h2-4,6-7,9-10,12,20H,5,8,11H2,1H3,(H2,18,19). The van der Waals surface area contributed by atoms with Gasteiger partial charge < -0.3 is 15.7 Å². The van der Waals surface area contributed by atoms with Gasteiger partial charge in [-0.05, 0) is 37.5 Å². The first-order chi connectivity index (χ1) is 10.2. The van der Waals surface area contributed by atoms with Crippen LogP contribution in [-0.2, 0) is 6.42 Å². The lowest BCUT2D eigenvalue weighted by Crippen LogP contribution is -2.15. The van der Waals surface area contributed by atoms with Gasteiger partial charge in [-0.3, -0.25) is 0 Å². The van der Waals surface area contributed by atoms with E-state index in [9.17, 15) is 0 Å². The lowest BCUT2D eigenvalue weighted by atomic mass is 10.1. The van der Waals surface area contributed by atoms with Gasteiger partial charge in [0.25, 0.3) is 0 Å². The number of benzene rings is 2. The Kier molecular flexibility index (Phi) is 5.21. The summed E-state index contributed by atoms with van der Waals surface area (Å²) in [5, 5.41) is 11.9. The second kappa shape index (κ2) is 7.33. The zero-order valence-corrected chi connectivity index (χ0v) is 12.1. The van der Waals surface area contributed by atoms with Crippen LogP contribution < -0.4 is 10.5 Å². The van der Waals surface area contributed by atoms with Gasteiger partial charge in [0.15, 0.2) is 5.84 Å². The fourth-order valence-electron chi connectivity index (χ4n) is 2.13. The maximum Gasteiger partial charge on any atom is 0.173 e. The highest BCUT2D eigenvalue weighted by Gasteiger charge is 2.08. The van der Waals surface area contributed by atoms with Gasteiger partial charge in [-0.15, -0.1) is 0 Å². The molecule has 110 valence electrons. The zero-order chi connectivity index (χ0) is 15.1. The minimum atomic E-state index is 0.0664. The van der Waals surface area contributed by atoms with E-state index in [1.165, 1.54) is 5.56 Å². The molecule has 3 N–H and O–H groups in total. The van der Waals surface area contributed by atoms with Crippen molar-refractivity contribution in [2.24, 2.45) is 10.9 Å². The van der Waals surface area contributed by atoms with Crippen LogP contribution in [0.5, 0.6) is 5.75 Å². The molecule has 0 aromatic heterocycles. The highest BCUT2D eigenvalue weighted by molar-refractivity contribution is 5.99. The van der Waals surface area contributed by atoms with Crippen molar-refractivity contribution in [1.82, 2.24) is 0 Å². The van der Waals surface area contributed by atoms with Crippen LogP contribution in [0.3, 0.4) is 0 Å². The molecule has 0 aliphatic rings. The maximum atomic E-state index is 8.83. The molecule has 0 aliphatic heterocycles. The Bertz CT molecular complexity index is 609. The average Bonchev–Trinajstić information content (AvgIpc) is 2.53. The van der Waals surface area contributed by atoms with Crippen LogP contribution in [0.1, 0.15) is 23.1 Å². The minimum absolute atomic E-state index is 0.0664. The first-order valence-corrected chi connectivity index (χ1v) is 6.96. The topological polar surface area (TPSA) is 67.8 Å². The van der Waals surface area contributed by atoms with Crippen molar-refractivity contribution in [2.75, 3.05) is 6.61 Å². The summed E-state index contributed by atoms with van der Waals surface area (Å²) in [5.74, 6) is 0.709. The SMILES string of the molecule is Cc1ccc(OCCCc2ccccc2)c(/C(N)=N/O)c1. The number of hydrogen-bond donors (Lipinski definition) is 2. The average molecular weight is 284 g/mol. The van der Waals surface area contributed by atoms with Crippen LogP contribution in [0.2, 0.25) is 0 Å². The summed E-state index contributed by atoms with van der Waals surface area (Å²) in [5.41, 5.74) is 8.63. The largest absolute Gasteiger partial charge is 0.493 e. The molecule has 2 aromatic rings. The smallest absolute Gasteiger partial charge is 0.173 e. The number of oxime groups is 1. The molecule has 0 spiro atoms. The van der Waals surface area contributed by atoms with E-state index < -0.39 is 0 Å². The summed E-state index contributed by atoms with van der Waals surface area (Å²) in [4.78, 5) is 0. The summed E-state index contributed by atoms with van der Waals surface area (Å²) < 4.78 is 5.76. The van der Waals surface area contributed by atoms with E-state index in [0.29, 0.717) is 17.9 Å². The molecule has 0 heterocycles. The zero-order valence-electron chi connectivity index (χ0n) is 12.1. The van der Waals surface area contributed by atoms with E-state index in [1.807, 2.05) is 43.3 Å². The Morgan fingerprint density at radius 2 is 1.95 bits per heavy atom. The monoisotopic (exact) mass is 284 g/mol. The predicted octanol–water partition coefficient (Wildman–Crippen LogP) is 3.10. The fraction of sp³-hybridized carbons (Fsp3) is 0.235. The Balaban J connectivity index is 1.94. The Morgan fingerprint density at radius 3 is 2.67 bits per heavy atom. The molecule has 0 unspecified atom stereocenters. The summed E-state index contributed by atoms with van der Waals surface area (Å²) in [7, 11) is 0. The summed E-state index contributed by atoms with van der Waals surface area (Å²) in [6.07, 6.45) is 1.87. The van der Waals surface area contributed by atoms with Gasteiger partial charge in [0.2, 0.25) is 0 Å². The highest BCUT2D eigenvalue weighted by atomic mass is 16.5. The molecule has 0 bridgehead atoms. The van der Waals surface area contributed by atoms with Gasteiger partial charge in [0.05, 0.1) is 12.2 Å². The molecule has 0 radical (unpaired) electrons. The molecular weight excluding hydrogens is 264 g/mol. The van der Waals surface area contributed by atoms with Gasteiger partial charge in [-0.1, -0.05) is 47.1 Å². The number of ether oxygens (including phenoxy) is 1. The number of hydrogen-bond acceptors (Lipinski definition) is 3. The maximum absolute atomic E-state index is 8.83. The highest BCUT2D eigenvalue weighted by Crippen LogP contribution is 2.20. The van der Waals surface area contributed by atoms with E-state index in [4.69, 9.17) is 15.7 Å². The van der Waals surface area contributed by atoms with E-state index in [0.717, 1.165) is 18.4 Å². The van der Waals surface area contributed by atoms with Crippen LogP contribution >= 0.6 is 0 Å². The molecule has 0 fully saturated rings.